The minimum atomic E-state index is 1.09. The third-order valence-electron chi connectivity index (χ3n) is 2.03. The van der Waals surface area contributed by atoms with Crippen LogP contribution in [0, 0.1) is 0 Å². The lowest BCUT2D eigenvalue weighted by atomic mass is 10.3. The van der Waals surface area contributed by atoms with Gasteiger partial charge in [-0.05, 0) is 23.6 Å². The Morgan fingerprint density at radius 2 is 1.93 bits per heavy atom. The monoisotopic (exact) mass is 216 g/mol. The molecule has 0 atom stereocenters. The smallest absolute Gasteiger partial charge is 0.0646 e. The Balaban J connectivity index is 2.07. The van der Waals surface area contributed by atoms with Crippen molar-refractivity contribution >= 4 is 23.2 Å². The summed E-state index contributed by atoms with van der Waals surface area (Å²) in [5.41, 5.74) is 1.09. The van der Waals surface area contributed by atoms with Crippen LogP contribution < -0.4 is 5.01 Å². The molecule has 0 fully saturated rings. The number of para-hydroxylation sites is 1. The van der Waals surface area contributed by atoms with Crippen molar-refractivity contribution in [1.82, 2.24) is 0 Å². The molecule has 2 nitrogen and oxygen atoms in total. The van der Waals surface area contributed by atoms with Crippen LogP contribution in [0.3, 0.4) is 0 Å². The maximum Gasteiger partial charge on any atom is 0.0646 e. The fourth-order valence-electron chi connectivity index (χ4n) is 1.22. The van der Waals surface area contributed by atoms with E-state index in [1.165, 1.54) is 0 Å². The maximum atomic E-state index is 4.36. The number of anilines is 1. The van der Waals surface area contributed by atoms with Crippen LogP contribution in [-0.2, 0) is 0 Å². The lowest BCUT2D eigenvalue weighted by Gasteiger charge is -2.11. The summed E-state index contributed by atoms with van der Waals surface area (Å²) < 4.78 is 0. The molecule has 0 unspecified atom stereocenters. The minimum Gasteiger partial charge on any atom is -0.269 e. The molecule has 15 heavy (non-hydrogen) atoms. The van der Waals surface area contributed by atoms with Crippen LogP contribution in [-0.4, -0.2) is 13.3 Å². The normalized spacial score (nSPS) is 10.7. The van der Waals surface area contributed by atoms with Gasteiger partial charge in [-0.1, -0.05) is 24.3 Å². The highest BCUT2D eigenvalue weighted by molar-refractivity contribution is 7.11. The molecule has 0 aliphatic carbocycles. The lowest BCUT2D eigenvalue weighted by Crippen LogP contribution is -2.08. The van der Waals surface area contributed by atoms with Gasteiger partial charge in [-0.25, -0.2) is 0 Å². The second-order valence-electron chi connectivity index (χ2n) is 3.12. The number of hydrogen-bond acceptors (Lipinski definition) is 3. The van der Waals surface area contributed by atoms with Gasteiger partial charge in [0.2, 0.25) is 0 Å². The molecule has 0 bridgehead atoms. The molecule has 0 saturated heterocycles. The van der Waals surface area contributed by atoms with E-state index in [9.17, 15) is 0 Å². The first-order valence-corrected chi connectivity index (χ1v) is 5.60. The number of nitrogens with zero attached hydrogens (tertiary/aromatic N) is 2. The molecule has 2 rings (SSSR count). The van der Waals surface area contributed by atoms with Crippen molar-refractivity contribution in [3.05, 3.63) is 52.7 Å². The van der Waals surface area contributed by atoms with E-state index in [1.807, 2.05) is 66.1 Å². The summed E-state index contributed by atoms with van der Waals surface area (Å²) in [7, 11) is 1.94. The highest BCUT2D eigenvalue weighted by atomic mass is 32.1. The molecule has 0 N–H and O–H groups in total. The van der Waals surface area contributed by atoms with Gasteiger partial charge in [-0.15, -0.1) is 11.3 Å². The molecule has 3 heteroatoms. The van der Waals surface area contributed by atoms with Gasteiger partial charge in [0.1, 0.15) is 0 Å². The van der Waals surface area contributed by atoms with Crippen LogP contribution in [0.1, 0.15) is 4.88 Å². The van der Waals surface area contributed by atoms with Crippen LogP contribution in [0.5, 0.6) is 0 Å². The first kappa shape index (κ1) is 9.93. The Hall–Kier alpha value is -1.61. The molecule has 1 aromatic carbocycles. The van der Waals surface area contributed by atoms with Gasteiger partial charge in [-0.3, -0.25) is 5.01 Å². The molecule has 0 aliphatic rings. The van der Waals surface area contributed by atoms with E-state index in [1.54, 1.807) is 11.3 Å². The van der Waals surface area contributed by atoms with Gasteiger partial charge in [0.15, 0.2) is 0 Å². The summed E-state index contributed by atoms with van der Waals surface area (Å²) in [5.74, 6) is 0. The quantitative estimate of drug-likeness (QED) is 0.568. The van der Waals surface area contributed by atoms with Crippen molar-refractivity contribution < 1.29 is 0 Å². The van der Waals surface area contributed by atoms with Gasteiger partial charge in [0.05, 0.1) is 11.9 Å². The fourth-order valence-corrected chi connectivity index (χ4v) is 1.80. The zero-order valence-corrected chi connectivity index (χ0v) is 9.32. The Bertz CT molecular complexity index is 420. The second kappa shape index (κ2) is 4.75. The van der Waals surface area contributed by atoms with Crippen molar-refractivity contribution in [3.8, 4) is 0 Å². The van der Waals surface area contributed by atoms with Crippen molar-refractivity contribution in [2.24, 2.45) is 5.10 Å². The molecule has 1 aromatic heterocycles. The predicted molar refractivity (Wildman–Crippen MR) is 66.8 cm³/mol. The molecule has 2 aromatic rings. The largest absolute Gasteiger partial charge is 0.269 e. The van der Waals surface area contributed by atoms with Crippen molar-refractivity contribution in [1.29, 1.82) is 0 Å². The van der Waals surface area contributed by atoms with Crippen LogP contribution in [0.15, 0.2) is 52.9 Å². The average molecular weight is 216 g/mol. The summed E-state index contributed by atoms with van der Waals surface area (Å²) in [6.07, 6.45) is 1.87. The molecule has 76 valence electrons. The molecule has 0 aliphatic heterocycles. The van der Waals surface area contributed by atoms with E-state index in [0.29, 0.717) is 0 Å². The van der Waals surface area contributed by atoms with Crippen molar-refractivity contribution in [2.75, 3.05) is 12.1 Å². The Morgan fingerprint density at radius 3 is 2.60 bits per heavy atom. The van der Waals surface area contributed by atoms with Crippen LogP contribution in [0.4, 0.5) is 5.69 Å². The minimum absolute atomic E-state index is 1.09. The Labute approximate surface area is 93.5 Å². The number of hydrazone groups is 1. The summed E-state index contributed by atoms with van der Waals surface area (Å²) >= 11 is 1.68. The lowest BCUT2D eigenvalue weighted by molar-refractivity contribution is 1.02. The number of benzene rings is 1. The third kappa shape index (κ3) is 2.67. The fraction of sp³-hybridized carbons (Fsp3) is 0.0833. The molecule has 0 amide bonds. The average Bonchev–Trinajstić information content (AvgIpc) is 2.80. The topological polar surface area (TPSA) is 15.6 Å². The van der Waals surface area contributed by atoms with E-state index < -0.39 is 0 Å². The molecule has 1 heterocycles. The zero-order chi connectivity index (χ0) is 10.5. The number of hydrogen-bond donors (Lipinski definition) is 0. The molecule has 0 saturated carbocycles. The predicted octanol–water partition coefficient (Wildman–Crippen LogP) is 3.22. The van der Waals surface area contributed by atoms with Gasteiger partial charge < -0.3 is 0 Å². The van der Waals surface area contributed by atoms with Gasteiger partial charge >= 0.3 is 0 Å². The van der Waals surface area contributed by atoms with Gasteiger partial charge in [-0.2, -0.15) is 5.10 Å². The summed E-state index contributed by atoms with van der Waals surface area (Å²) in [5, 5.41) is 8.26. The molecular weight excluding hydrogens is 204 g/mol. The summed E-state index contributed by atoms with van der Waals surface area (Å²) in [6.45, 7) is 0. The highest BCUT2D eigenvalue weighted by Gasteiger charge is 1.95. The van der Waals surface area contributed by atoms with Crippen LogP contribution >= 0.6 is 11.3 Å². The Morgan fingerprint density at radius 1 is 1.13 bits per heavy atom. The van der Waals surface area contributed by atoms with E-state index in [4.69, 9.17) is 0 Å². The third-order valence-corrected chi connectivity index (χ3v) is 2.84. The molecule has 0 radical (unpaired) electrons. The standard InChI is InChI=1S/C12H12N2S/c1-14(11-6-3-2-4-7-11)13-10-12-8-5-9-15-12/h2-10H,1H3/b13-10+. The second-order valence-corrected chi connectivity index (χ2v) is 4.10. The van der Waals surface area contributed by atoms with Crippen molar-refractivity contribution in [3.63, 3.8) is 0 Å². The SMILES string of the molecule is CN(/N=C/c1cccs1)c1ccccc1. The van der Waals surface area contributed by atoms with Crippen LogP contribution in [0.2, 0.25) is 0 Å². The summed E-state index contributed by atoms with van der Waals surface area (Å²) in [6, 6.07) is 14.2. The van der Waals surface area contributed by atoms with Crippen molar-refractivity contribution in [2.45, 2.75) is 0 Å². The van der Waals surface area contributed by atoms with Gasteiger partial charge in [0.25, 0.3) is 0 Å². The maximum absolute atomic E-state index is 4.36. The number of thiophene rings is 1. The van der Waals surface area contributed by atoms with E-state index in [0.717, 1.165) is 10.6 Å². The first-order valence-electron chi connectivity index (χ1n) is 4.72. The van der Waals surface area contributed by atoms with E-state index in [2.05, 4.69) is 5.10 Å². The first-order chi connectivity index (χ1) is 7.36. The van der Waals surface area contributed by atoms with Crippen LogP contribution in [0.25, 0.3) is 0 Å². The molecule has 0 spiro atoms. The Kier molecular flexibility index (Phi) is 3.15. The van der Waals surface area contributed by atoms with Gasteiger partial charge in [0, 0.05) is 11.9 Å². The van der Waals surface area contributed by atoms with E-state index >= 15 is 0 Å². The highest BCUT2D eigenvalue weighted by Crippen LogP contribution is 2.11. The zero-order valence-electron chi connectivity index (χ0n) is 8.50. The van der Waals surface area contributed by atoms with E-state index in [-0.39, 0.29) is 0 Å². The molecular formula is C12H12N2S. The number of rotatable bonds is 3. The summed E-state index contributed by atoms with van der Waals surface area (Å²) in [4.78, 5) is 1.16.